The van der Waals surface area contributed by atoms with Gasteiger partial charge in [0.1, 0.15) is 11.5 Å². The topological polar surface area (TPSA) is 18.5 Å². The Kier molecular flexibility index (Phi) is 2.98. The van der Waals surface area contributed by atoms with Crippen LogP contribution in [-0.4, -0.2) is 16.9 Å². The van der Waals surface area contributed by atoms with Gasteiger partial charge >= 0.3 is 0 Å². The lowest BCUT2D eigenvalue weighted by molar-refractivity contribution is 0.414. The smallest absolute Gasteiger partial charge is 0.216 e. The summed E-state index contributed by atoms with van der Waals surface area (Å²) in [5, 5.41) is 0. The van der Waals surface area contributed by atoms with E-state index in [0.29, 0.717) is 0 Å². The highest BCUT2D eigenvalue weighted by Crippen LogP contribution is 2.16. The predicted octanol–water partition coefficient (Wildman–Crippen LogP) is 1.21. The number of ether oxygens (including phenoxy) is 1. The molecule has 1 aromatic carbocycles. The SMILES string of the molecule is COc1ccc(O[SiH2]C)cc1. The Morgan fingerprint density at radius 1 is 1.09 bits per heavy atom. The van der Waals surface area contributed by atoms with E-state index >= 15 is 0 Å². The number of hydrogen-bond acceptors (Lipinski definition) is 2. The highest BCUT2D eigenvalue weighted by Gasteiger charge is 1.91. The molecular weight excluding hydrogens is 156 g/mol. The Morgan fingerprint density at radius 2 is 1.64 bits per heavy atom. The average molecular weight is 168 g/mol. The number of benzene rings is 1. The summed E-state index contributed by atoms with van der Waals surface area (Å²) < 4.78 is 10.4. The molecule has 0 heterocycles. The van der Waals surface area contributed by atoms with Crippen LogP contribution in [-0.2, 0) is 0 Å². The van der Waals surface area contributed by atoms with Crippen molar-refractivity contribution in [2.45, 2.75) is 6.55 Å². The minimum absolute atomic E-state index is 0.344. The van der Waals surface area contributed by atoms with E-state index in [1.807, 2.05) is 24.3 Å². The molecule has 2 nitrogen and oxygen atoms in total. The molecule has 0 saturated carbocycles. The van der Waals surface area contributed by atoms with E-state index < -0.39 is 0 Å². The highest BCUT2D eigenvalue weighted by molar-refractivity contribution is 6.26. The zero-order chi connectivity index (χ0) is 8.10. The van der Waals surface area contributed by atoms with E-state index in [1.165, 1.54) is 0 Å². The van der Waals surface area contributed by atoms with Crippen LogP contribution in [0.1, 0.15) is 0 Å². The van der Waals surface area contributed by atoms with E-state index in [2.05, 4.69) is 6.55 Å². The first-order chi connectivity index (χ1) is 5.36. The van der Waals surface area contributed by atoms with Crippen molar-refractivity contribution in [2.24, 2.45) is 0 Å². The van der Waals surface area contributed by atoms with E-state index in [9.17, 15) is 0 Å². The molecule has 1 aromatic rings. The molecule has 11 heavy (non-hydrogen) atoms. The standard InChI is InChI=1S/C8H12O2Si/c1-9-7-3-5-8(6-4-7)10-11-2/h3-6H,11H2,1-2H3. The maximum absolute atomic E-state index is 5.39. The first-order valence-corrected chi connectivity index (χ1v) is 5.63. The quantitative estimate of drug-likeness (QED) is 0.631. The summed E-state index contributed by atoms with van der Waals surface area (Å²) in [5.74, 6) is 1.81. The van der Waals surface area contributed by atoms with Crippen molar-refractivity contribution in [3.05, 3.63) is 24.3 Å². The first-order valence-electron chi connectivity index (χ1n) is 3.63. The molecule has 0 saturated heterocycles. The van der Waals surface area contributed by atoms with Gasteiger partial charge in [-0.1, -0.05) is 0 Å². The molecule has 0 spiro atoms. The van der Waals surface area contributed by atoms with Crippen LogP contribution in [0.15, 0.2) is 24.3 Å². The van der Waals surface area contributed by atoms with Crippen LogP contribution in [0, 0.1) is 0 Å². The Bertz CT molecular complexity index is 208. The van der Waals surface area contributed by atoms with E-state index in [4.69, 9.17) is 9.16 Å². The van der Waals surface area contributed by atoms with Crippen LogP contribution in [0.4, 0.5) is 0 Å². The summed E-state index contributed by atoms with van der Waals surface area (Å²) in [7, 11) is 1.31. The molecule has 3 heteroatoms. The second-order valence-corrected chi connectivity index (χ2v) is 2.97. The van der Waals surface area contributed by atoms with Gasteiger partial charge in [0.15, 0.2) is 0 Å². The third-order valence-corrected chi connectivity index (χ3v) is 1.99. The third kappa shape index (κ3) is 2.27. The monoisotopic (exact) mass is 168 g/mol. The summed E-state index contributed by atoms with van der Waals surface area (Å²) in [6, 6.07) is 7.66. The Balaban J connectivity index is 2.66. The lowest BCUT2D eigenvalue weighted by atomic mass is 10.3. The van der Waals surface area contributed by atoms with Crippen molar-refractivity contribution >= 4 is 9.76 Å². The van der Waals surface area contributed by atoms with Crippen LogP contribution in [0.5, 0.6) is 11.5 Å². The first kappa shape index (κ1) is 8.14. The molecule has 0 aliphatic carbocycles. The van der Waals surface area contributed by atoms with Gasteiger partial charge in [0, 0.05) is 0 Å². The lowest BCUT2D eigenvalue weighted by Crippen LogP contribution is -1.94. The van der Waals surface area contributed by atoms with E-state index in [1.54, 1.807) is 7.11 Å². The van der Waals surface area contributed by atoms with Gasteiger partial charge in [-0.3, -0.25) is 0 Å². The molecule has 0 unspecified atom stereocenters. The van der Waals surface area contributed by atoms with E-state index in [0.717, 1.165) is 11.5 Å². The summed E-state index contributed by atoms with van der Waals surface area (Å²) in [4.78, 5) is 0. The Morgan fingerprint density at radius 3 is 2.09 bits per heavy atom. The molecule has 0 aliphatic heterocycles. The van der Waals surface area contributed by atoms with Gasteiger partial charge in [0.05, 0.1) is 7.11 Å². The number of methoxy groups -OCH3 is 1. The Labute approximate surface area is 69.1 Å². The van der Waals surface area contributed by atoms with Crippen LogP contribution in [0.2, 0.25) is 6.55 Å². The minimum Gasteiger partial charge on any atom is -0.550 e. The Hall–Kier alpha value is -0.963. The molecule has 1 rings (SSSR count). The lowest BCUT2D eigenvalue weighted by Gasteiger charge is -2.03. The molecule has 0 amide bonds. The zero-order valence-corrected chi connectivity index (χ0v) is 8.25. The fraction of sp³-hybridized carbons (Fsp3) is 0.250. The normalized spacial score (nSPS) is 10.4. The van der Waals surface area contributed by atoms with Crippen molar-refractivity contribution < 1.29 is 9.16 Å². The zero-order valence-electron chi connectivity index (χ0n) is 6.83. The van der Waals surface area contributed by atoms with Gasteiger partial charge < -0.3 is 9.16 Å². The van der Waals surface area contributed by atoms with Crippen LogP contribution in [0.25, 0.3) is 0 Å². The maximum Gasteiger partial charge on any atom is 0.216 e. The highest BCUT2D eigenvalue weighted by atomic mass is 28.2. The van der Waals surface area contributed by atoms with Crippen LogP contribution in [0.3, 0.4) is 0 Å². The van der Waals surface area contributed by atoms with Crippen LogP contribution >= 0.6 is 0 Å². The van der Waals surface area contributed by atoms with Crippen molar-refractivity contribution in [1.82, 2.24) is 0 Å². The molecule has 0 bridgehead atoms. The second kappa shape index (κ2) is 4.03. The van der Waals surface area contributed by atoms with Gasteiger partial charge in [-0.15, -0.1) is 0 Å². The van der Waals surface area contributed by atoms with Gasteiger partial charge in [-0.2, -0.15) is 0 Å². The number of hydrogen-bond donors (Lipinski definition) is 0. The van der Waals surface area contributed by atoms with Gasteiger partial charge in [-0.05, 0) is 30.8 Å². The second-order valence-electron chi connectivity index (χ2n) is 2.11. The fourth-order valence-corrected chi connectivity index (χ4v) is 1.36. The van der Waals surface area contributed by atoms with Crippen molar-refractivity contribution in [1.29, 1.82) is 0 Å². The summed E-state index contributed by atoms with van der Waals surface area (Å²) in [6.45, 7) is 2.10. The molecule has 60 valence electrons. The minimum atomic E-state index is -0.344. The van der Waals surface area contributed by atoms with Crippen molar-refractivity contribution in [3.8, 4) is 11.5 Å². The average Bonchev–Trinajstić information content (AvgIpc) is 2.07. The van der Waals surface area contributed by atoms with Crippen molar-refractivity contribution in [3.63, 3.8) is 0 Å². The molecule has 0 aromatic heterocycles. The molecule has 0 atom stereocenters. The molecule has 0 fully saturated rings. The van der Waals surface area contributed by atoms with E-state index in [-0.39, 0.29) is 9.76 Å². The molecular formula is C8H12O2Si. The van der Waals surface area contributed by atoms with Gasteiger partial charge in [0.2, 0.25) is 9.76 Å². The summed E-state index contributed by atoms with van der Waals surface area (Å²) >= 11 is 0. The maximum atomic E-state index is 5.39. The third-order valence-electron chi connectivity index (χ3n) is 1.37. The molecule has 0 radical (unpaired) electrons. The number of rotatable bonds is 3. The van der Waals surface area contributed by atoms with Crippen molar-refractivity contribution in [2.75, 3.05) is 7.11 Å². The fourth-order valence-electron chi connectivity index (χ4n) is 0.839. The van der Waals surface area contributed by atoms with Crippen LogP contribution < -0.4 is 9.16 Å². The van der Waals surface area contributed by atoms with Gasteiger partial charge in [-0.25, -0.2) is 0 Å². The summed E-state index contributed by atoms with van der Waals surface area (Å²) in [5.41, 5.74) is 0. The van der Waals surface area contributed by atoms with Gasteiger partial charge in [0.25, 0.3) is 0 Å². The molecule has 0 N–H and O–H groups in total. The predicted molar refractivity (Wildman–Crippen MR) is 48.0 cm³/mol. The molecule has 0 aliphatic rings. The summed E-state index contributed by atoms with van der Waals surface area (Å²) in [6.07, 6.45) is 0. The largest absolute Gasteiger partial charge is 0.550 e.